The minimum Gasteiger partial charge on any atom is -0.321 e. The van der Waals surface area contributed by atoms with E-state index >= 15 is 0 Å². The molecular weight excluding hydrogens is 152 g/mol. The molecule has 1 aromatic rings. The Kier molecular flexibility index (Phi) is 2.71. The van der Waals surface area contributed by atoms with Crippen LogP contribution in [0.3, 0.4) is 0 Å². The van der Waals surface area contributed by atoms with Gasteiger partial charge in [0.15, 0.2) is 6.29 Å². The summed E-state index contributed by atoms with van der Waals surface area (Å²) in [6.45, 7) is 3.55. The van der Waals surface area contributed by atoms with Gasteiger partial charge in [-0.2, -0.15) is 0 Å². The van der Waals surface area contributed by atoms with Crippen LogP contribution >= 0.6 is 0 Å². The third-order valence-corrected chi connectivity index (χ3v) is 1.56. The van der Waals surface area contributed by atoms with Crippen molar-refractivity contribution < 1.29 is 4.79 Å². The monoisotopic (exact) mass is 162 g/mol. The maximum absolute atomic E-state index is 10.4. The van der Waals surface area contributed by atoms with Gasteiger partial charge < -0.3 is 5.73 Å². The summed E-state index contributed by atoms with van der Waals surface area (Å²) in [5.41, 5.74) is 6.98. The number of nitrogens with zero attached hydrogens (tertiary/aromatic N) is 1. The number of nitrogens with two attached hydrogens (primary N) is 1. The van der Waals surface area contributed by atoms with E-state index < -0.39 is 0 Å². The molecule has 3 nitrogen and oxygen atoms in total. The van der Waals surface area contributed by atoms with E-state index in [1.165, 1.54) is 6.20 Å². The van der Waals surface area contributed by atoms with Gasteiger partial charge in [-0.3, -0.25) is 9.78 Å². The van der Waals surface area contributed by atoms with Gasteiger partial charge >= 0.3 is 0 Å². The highest BCUT2D eigenvalue weighted by atomic mass is 16.1. The van der Waals surface area contributed by atoms with Crippen molar-refractivity contribution in [1.82, 2.24) is 4.98 Å². The number of aldehydes is 1. The van der Waals surface area contributed by atoms with Crippen LogP contribution in [0, 0.1) is 0 Å². The number of rotatable bonds is 3. The van der Waals surface area contributed by atoms with E-state index in [0.717, 1.165) is 11.8 Å². The molecule has 0 aliphatic rings. The summed E-state index contributed by atoms with van der Waals surface area (Å²) in [7, 11) is 0. The minimum atomic E-state index is -0.252. The first-order valence-electron chi connectivity index (χ1n) is 3.56. The lowest BCUT2D eigenvalue weighted by Gasteiger charge is -2.04. The van der Waals surface area contributed by atoms with Gasteiger partial charge in [-0.1, -0.05) is 6.08 Å². The fourth-order valence-corrected chi connectivity index (χ4v) is 0.859. The van der Waals surface area contributed by atoms with E-state index in [1.54, 1.807) is 18.3 Å². The molecule has 0 aliphatic carbocycles. The predicted octanol–water partition coefficient (Wildman–Crippen LogP) is 1.08. The highest BCUT2D eigenvalue weighted by Gasteiger charge is 2.01. The lowest BCUT2D eigenvalue weighted by atomic mass is 10.1. The normalized spacial score (nSPS) is 12.1. The van der Waals surface area contributed by atoms with E-state index in [4.69, 9.17) is 5.73 Å². The molecule has 2 N–H and O–H groups in total. The molecule has 0 aliphatic heterocycles. The number of carbonyl (C=O) groups excluding carboxylic acids is 1. The fourth-order valence-electron chi connectivity index (χ4n) is 0.859. The van der Waals surface area contributed by atoms with Crippen LogP contribution in [-0.2, 0) is 0 Å². The van der Waals surface area contributed by atoms with E-state index in [1.807, 2.05) is 0 Å². The second-order valence-electron chi connectivity index (χ2n) is 2.43. The van der Waals surface area contributed by atoms with E-state index in [0.29, 0.717) is 5.56 Å². The SMILES string of the molecule is C=C[C@@H](N)c1cncc(C=O)c1. The summed E-state index contributed by atoms with van der Waals surface area (Å²) in [4.78, 5) is 14.2. The Bertz CT molecular complexity index is 296. The van der Waals surface area contributed by atoms with Gasteiger partial charge in [0, 0.05) is 24.0 Å². The molecule has 0 amide bonds. The standard InChI is InChI=1S/C9H10N2O/c1-2-9(10)8-3-7(6-12)4-11-5-8/h2-6,9H,1,10H2/t9-/m1/s1. The van der Waals surface area contributed by atoms with Crippen LogP contribution < -0.4 is 5.73 Å². The Morgan fingerprint density at radius 3 is 2.92 bits per heavy atom. The molecule has 0 spiro atoms. The largest absolute Gasteiger partial charge is 0.321 e. The Morgan fingerprint density at radius 1 is 1.58 bits per heavy atom. The van der Waals surface area contributed by atoms with Crippen LogP contribution in [0.2, 0.25) is 0 Å². The maximum atomic E-state index is 10.4. The smallest absolute Gasteiger partial charge is 0.151 e. The summed E-state index contributed by atoms with van der Waals surface area (Å²) in [6.07, 6.45) is 5.46. The lowest BCUT2D eigenvalue weighted by molar-refractivity contribution is 0.112. The zero-order chi connectivity index (χ0) is 8.97. The molecule has 0 fully saturated rings. The summed E-state index contributed by atoms with van der Waals surface area (Å²) in [5, 5.41) is 0. The molecular formula is C9H10N2O. The van der Waals surface area contributed by atoms with Crippen LogP contribution in [0.1, 0.15) is 22.0 Å². The third kappa shape index (κ3) is 1.77. The van der Waals surface area contributed by atoms with Crippen molar-refractivity contribution in [3.63, 3.8) is 0 Å². The fraction of sp³-hybridized carbons (Fsp3) is 0.111. The average molecular weight is 162 g/mol. The number of carbonyl (C=O) groups is 1. The van der Waals surface area contributed by atoms with Crippen molar-refractivity contribution in [3.8, 4) is 0 Å². The maximum Gasteiger partial charge on any atom is 0.151 e. The summed E-state index contributed by atoms with van der Waals surface area (Å²) in [5.74, 6) is 0. The van der Waals surface area contributed by atoms with Crippen molar-refractivity contribution in [1.29, 1.82) is 0 Å². The van der Waals surface area contributed by atoms with Gasteiger partial charge in [0.05, 0.1) is 0 Å². The third-order valence-electron chi connectivity index (χ3n) is 1.56. The average Bonchev–Trinajstić information content (AvgIpc) is 2.17. The summed E-state index contributed by atoms with van der Waals surface area (Å²) >= 11 is 0. The van der Waals surface area contributed by atoms with Crippen LogP contribution in [0.25, 0.3) is 0 Å². The Balaban J connectivity index is 3.00. The second kappa shape index (κ2) is 3.78. The molecule has 0 aromatic carbocycles. The molecule has 0 bridgehead atoms. The first-order valence-corrected chi connectivity index (χ1v) is 3.56. The van der Waals surface area contributed by atoms with Crippen LogP contribution in [0.15, 0.2) is 31.1 Å². The van der Waals surface area contributed by atoms with Crippen molar-refractivity contribution >= 4 is 6.29 Å². The molecule has 62 valence electrons. The van der Waals surface area contributed by atoms with E-state index in [9.17, 15) is 4.79 Å². The molecule has 0 saturated carbocycles. The van der Waals surface area contributed by atoms with Crippen LogP contribution in [0.5, 0.6) is 0 Å². The number of hydrogen-bond donors (Lipinski definition) is 1. The first kappa shape index (κ1) is 8.62. The van der Waals surface area contributed by atoms with Crippen molar-refractivity contribution in [2.45, 2.75) is 6.04 Å². The highest BCUT2D eigenvalue weighted by Crippen LogP contribution is 2.09. The van der Waals surface area contributed by atoms with Gasteiger partial charge in [0.2, 0.25) is 0 Å². The number of hydrogen-bond acceptors (Lipinski definition) is 3. The molecule has 1 aromatic heterocycles. The zero-order valence-corrected chi connectivity index (χ0v) is 6.60. The second-order valence-corrected chi connectivity index (χ2v) is 2.43. The minimum absolute atomic E-state index is 0.252. The zero-order valence-electron chi connectivity index (χ0n) is 6.60. The highest BCUT2D eigenvalue weighted by molar-refractivity contribution is 5.74. The van der Waals surface area contributed by atoms with Crippen molar-refractivity contribution in [2.24, 2.45) is 5.73 Å². The molecule has 1 atom stereocenters. The molecule has 0 saturated heterocycles. The lowest BCUT2D eigenvalue weighted by Crippen LogP contribution is -2.07. The van der Waals surface area contributed by atoms with Gasteiger partial charge in [-0.15, -0.1) is 6.58 Å². The molecule has 1 rings (SSSR count). The van der Waals surface area contributed by atoms with Gasteiger partial charge in [-0.05, 0) is 11.6 Å². The van der Waals surface area contributed by atoms with Crippen molar-refractivity contribution in [3.05, 3.63) is 42.2 Å². The van der Waals surface area contributed by atoms with Gasteiger partial charge in [0.1, 0.15) is 0 Å². The quantitative estimate of drug-likeness (QED) is 0.534. The molecule has 1 heterocycles. The summed E-state index contributed by atoms with van der Waals surface area (Å²) < 4.78 is 0. The topological polar surface area (TPSA) is 56.0 Å². The van der Waals surface area contributed by atoms with Gasteiger partial charge in [0.25, 0.3) is 0 Å². The molecule has 0 radical (unpaired) electrons. The Labute approximate surface area is 70.9 Å². The number of aromatic nitrogens is 1. The van der Waals surface area contributed by atoms with E-state index in [-0.39, 0.29) is 6.04 Å². The number of pyridine rings is 1. The van der Waals surface area contributed by atoms with Crippen LogP contribution in [0.4, 0.5) is 0 Å². The predicted molar refractivity (Wildman–Crippen MR) is 46.7 cm³/mol. The first-order chi connectivity index (χ1) is 5.77. The van der Waals surface area contributed by atoms with Gasteiger partial charge in [-0.25, -0.2) is 0 Å². The summed E-state index contributed by atoms with van der Waals surface area (Å²) in [6, 6.07) is 1.45. The molecule has 12 heavy (non-hydrogen) atoms. The van der Waals surface area contributed by atoms with E-state index in [2.05, 4.69) is 11.6 Å². The Morgan fingerprint density at radius 2 is 2.33 bits per heavy atom. The van der Waals surface area contributed by atoms with Crippen LogP contribution in [-0.4, -0.2) is 11.3 Å². The molecule has 3 heteroatoms. The Hall–Kier alpha value is -1.48. The van der Waals surface area contributed by atoms with Crippen molar-refractivity contribution in [2.75, 3.05) is 0 Å². The molecule has 0 unspecified atom stereocenters.